The van der Waals surface area contributed by atoms with Gasteiger partial charge in [0, 0.05) is 17.8 Å². The molecule has 126 valence electrons. The van der Waals surface area contributed by atoms with Gasteiger partial charge in [0.05, 0.1) is 18.9 Å². The fourth-order valence-corrected chi connectivity index (χ4v) is 2.30. The van der Waals surface area contributed by atoms with Crippen molar-refractivity contribution < 1.29 is 14.7 Å². The molecule has 0 saturated heterocycles. The molecule has 5 nitrogen and oxygen atoms in total. The zero-order valence-electron chi connectivity index (χ0n) is 13.3. The maximum absolute atomic E-state index is 12.0. The van der Waals surface area contributed by atoms with Crippen LogP contribution in [-0.4, -0.2) is 24.0 Å². The van der Waals surface area contributed by atoms with Crippen LogP contribution >= 0.6 is 11.6 Å². The number of halogens is 1. The van der Waals surface area contributed by atoms with Gasteiger partial charge in [-0.1, -0.05) is 35.9 Å². The summed E-state index contributed by atoms with van der Waals surface area (Å²) in [6, 6.07) is 13.7. The Morgan fingerprint density at radius 3 is 2.25 bits per heavy atom. The summed E-state index contributed by atoms with van der Waals surface area (Å²) in [5, 5.41) is 15.9. The van der Waals surface area contributed by atoms with Crippen LogP contribution in [0, 0.1) is 0 Å². The zero-order chi connectivity index (χ0) is 17.5. The number of aliphatic hydroxyl groups excluding tert-OH is 1. The quantitative estimate of drug-likeness (QED) is 0.752. The SMILES string of the molecule is CNC(=O)Cc1ccc(NC(=O)CC(O)c2ccc(Cl)cc2)cc1. The minimum atomic E-state index is -0.894. The molecule has 6 heteroatoms. The molecule has 3 N–H and O–H groups in total. The number of rotatable bonds is 6. The molecule has 0 bridgehead atoms. The molecule has 0 aliphatic rings. The van der Waals surface area contributed by atoms with Crippen molar-refractivity contribution in [3.8, 4) is 0 Å². The van der Waals surface area contributed by atoms with Gasteiger partial charge in [0.2, 0.25) is 11.8 Å². The average Bonchev–Trinajstić information content (AvgIpc) is 2.57. The number of hydrogen-bond acceptors (Lipinski definition) is 3. The Bertz CT molecular complexity index is 699. The lowest BCUT2D eigenvalue weighted by Crippen LogP contribution is -2.20. The Hall–Kier alpha value is -2.37. The fourth-order valence-electron chi connectivity index (χ4n) is 2.17. The van der Waals surface area contributed by atoms with Crippen LogP contribution in [0.4, 0.5) is 5.69 Å². The molecule has 0 spiro atoms. The van der Waals surface area contributed by atoms with E-state index < -0.39 is 6.10 Å². The lowest BCUT2D eigenvalue weighted by molar-refractivity contribution is -0.120. The lowest BCUT2D eigenvalue weighted by atomic mass is 10.1. The first kappa shape index (κ1) is 18.0. The topological polar surface area (TPSA) is 78.4 Å². The van der Waals surface area contributed by atoms with Gasteiger partial charge < -0.3 is 15.7 Å². The number of nitrogens with one attached hydrogen (secondary N) is 2. The molecule has 0 saturated carbocycles. The van der Waals surface area contributed by atoms with Gasteiger partial charge in [-0.3, -0.25) is 9.59 Å². The molecule has 1 unspecified atom stereocenters. The van der Waals surface area contributed by atoms with Crippen molar-refractivity contribution in [2.24, 2.45) is 0 Å². The van der Waals surface area contributed by atoms with Crippen molar-refractivity contribution in [2.45, 2.75) is 18.9 Å². The number of likely N-dealkylation sites (N-methyl/N-ethyl adjacent to an activating group) is 1. The molecule has 0 fully saturated rings. The Morgan fingerprint density at radius 1 is 1.04 bits per heavy atom. The first-order chi connectivity index (χ1) is 11.5. The van der Waals surface area contributed by atoms with Crippen LogP contribution in [0.5, 0.6) is 0 Å². The van der Waals surface area contributed by atoms with E-state index in [4.69, 9.17) is 11.6 Å². The Kier molecular flexibility index (Phi) is 6.35. The summed E-state index contributed by atoms with van der Waals surface area (Å²) < 4.78 is 0. The van der Waals surface area contributed by atoms with Gasteiger partial charge in [0.25, 0.3) is 0 Å². The van der Waals surface area contributed by atoms with Crippen LogP contribution in [0.25, 0.3) is 0 Å². The first-order valence-electron chi connectivity index (χ1n) is 7.51. The highest BCUT2D eigenvalue weighted by Gasteiger charge is 2.13. The molecule has 1 atom stereocenters. The minimum absolute atomic E-state index is 0.0539. The standard InChI is InChI=1S/C18H19ClN2O3/c1-20-17(23)10-12-2-8-15(9-3-12)21-18(24)11-16(22)13-4-6-14(19)7-5-13/h2-9,16,22H,10-11H2,1H3,(H,20,23)(H,21,24). The van der Waals surface area contributed by atoms with Crippen molar-refractivity contribution in [3.05, 3.63) is 64.7 Å². The predicted octanol–water partition coefficient (Wildman–Crippen LogP) is 2.69. The smallest absolute Gasteiger partial charge is 0.227 e. The number of carbonyl (C=O) groups excluding carboxylic acids is 2. The van der Waals surface area contributed by atoms with Crippen molar-refractivity contribution in [3.63, 3.8) is 0 Å². The van der Waals surface area contributed by atoms with E-state index in [1.54, 1.807) is 55.6 Å². The molecular formula is C18H19ClN2O3. The molecule has 0 heterocycles. The zero-order valence-corrected chi connectivity index (χ0v) is 14.0. The van der Waals surface area contributed by atoms with E-state index in [9.17, 15) is 14.7 Å². The highest BCUT2D eigenvalue weighted by Crippen LogP contribution is 2.20. The second-order valence-electron chi connectivity index (χ2n) is 5.37. The molecule has 2 aromatic rings. The van der Waals surface area contributed by atoms with Gasteiger partial charge in [0.1, 0.15) is 0 Å². The van der Waals surface area contributed by atoms with Crippen LogP contribution in [-0.2, 0) is 16.0 Å². The normalized spacial score (nSPS) is 11.6. The molecule has 0 aliphatic carbocycles. The number of anilines is 1. The molecule has 0 radical (unpaired) electrons. The predicted molar refractivity (Wildman–Crippen MR) is 93.9 cm³/mol. The number of aliphatic hydroxyl groups is 1. The average molecular weight is 347 g/mol. The summed E-state index contributed by atoms with van der Waals surface area (Å²) in [7, 11) is 1.59. The molecule has 2 rings (SSSR count). The number of hydrogen-bond donors (Lipinski definition) is 3. The molecule has 2 aromatic carbocycles. The number of carbonyl (C=O) groups is 2. The van der Waals surface area contributed by atoms with Gasteiger partial charge in [-0.05, 0) is 35.4 Å². The maximum atomic E-state index is 12.0. The van der Waals surface area contributed by atoms with Crippen molar-refractivity contribution >= 4 is 29.1 Å². The monoisotopic (exact) mass is 346 g/mol. The van der Waals surface area contributed by atoms with Crippen LogP contribution in [0.1, 0.15) is 23.7 Å². The Morgan fingerprint density at radius 2 is 1.67 bits per heavy atom. The van der Waals surface area contributed by atoms with Gasteiger partial charge in [-0.25, -0.2) is 0 Å². The molecule has 0 aromatic heterocycles. The van der Waals surface area contributed by atoms with Crippen LogP contribution in [0.2, 0.25) is 5.02 Å². The molecule has 24 heavy (non-hydrogen) atoms. The fraction of sp³-hybridized carbons (Fsp3) is 0.222. The van der Waals surface area contributed by atoms with E-state index in [2.05, 4.69) is 10.6 Å². The van der Waals surface area contributed by atoms with Gasteiger partial charge >= 0.3 is 0 Å². The van der Waals surface area contributed by atoms with Gasteiger partial charge in [-0.2, -0.15) is 0 Å². The minimum Gasteiger partial charge on any atom is -0.388 e. The van der Waals surface area contributed by atoms with Crippen molar-refractivity contribution in [2.75, 3.05) is 12.4 Å². The number of amides is 2. The van der Waals surface area contributed by atoms with Gasteiger partial charge in [0.15, 0.2) is 0 Å². The van der Waals surface area contributed by atoms with E-state index in [1.165, 1.54) is 0 Å². The van der Waals surface area contributed by atoms with Crippen molar-refractivity contribution in [1.82, 2.24) is 5.32 Å². The third kappa shape index (κ3) is 5.37. The largest absolute Gasteiger partial charge is 0.388 e. The first-order valence-corrected chi connectivity index (χ1v) is 7.88. The number of benzene rings is 2. The third-order valence-electron chi connectivity index (χ3n) is 3.51. The van der Waals surface area contributed by atoms with Crippen LogP contribution in [0.3, 0.4) is 0 Å². The van der Waals surface area contributed by atoms with E-state index >= 15 is 0 Å². The van der Waals surface area contributed by atoms with E-state index in [0.29, 0.717) is 22.7 Å². The van der Waals surface area contributed by atoms with E-state index in [0.717, 1.165) is 5.56 Å². The second kappa shape index (κ2) is 8.47. The summed E-state index contributed by atoms with van der Waals surface area (Å²) in [6.07, 6.45) is -0.656. The van der Waals surface area contributed by atoms with Gasteiger partial charge in [-0.15, -0.1) is 0 Å². The maximum Gasteiger partial charge on any atom is 0.227 e. The summed E-state index contributed by atoms with van der Waals surface area (Å²) in [6.45, 7) is 0. The highest BCUT2D eigenvalue weighted by molar-refractivity contribution is 6.30. The Labute approximate surface area is 145 Å². The second-order valence-corrected chi connectivity index (χ2v) is 5.80. The molecular weight excluding hydrogens is 328 g/mol. The summed E-state index contributed by atoms with van der Waals surface area (Å²) in [4.78, 5) is 23.3. The van der Waals surface area contributed by atoms with E-state index in [-0.39, 0.29) is 18.2 Å². The van der Waals surface area contributed by atoms with E-state index in [1.807, 2.05) is 0 Å². The molecule has 0 aliphatic heterocycles. The lowest BCUT2D eigenvalue weighted by Gasteiger charge is -2.12. The van der Waals surface area contributed by atoms with Crippen LogP contribution < -0.4 is 10.6 Å². The summed E-state index contributed by atoms with van der Waals surface area (Å²) >= 11 is 5.80. The van der Waals surface area contributed by atoms with Crippen molar-refractivity contribution in [1.29, 1.82) is 0 Å². The Balaban J connectivity index is 1.89. The third-order valence-corrected chi connectivity index (χ3v) is 3.77. The highest BCUT2D eigenvalue weighted by atomic mass is 35.5. The summed E-state index contributed by atoms with van der Waals surface area (Å²) in [5.41, 5.74) is 2.10. The summed E-state index contributed by atoms with van der Waals surface area (Å²) in [5.74, 6) is -0.366. The van der Waals surface area contributed by atoms with Crippen LogP contribution in [0.15, 0.2) is 48.5 Å². The molecule has 2 amide bonds.